The lowest BCUT2D eigenvalue weighted by Gasteiger charge is -2.08. The lowest BCUT2D eigenvalue weighted by Crippen LogP contribution is -2.07. The van der Waals surface area contributed by atoms with E-state index in [-0.39, 0.29) is 11.5 Å². The molecule has 0 saturated carbocycles. The van der Waals surface area contributed by atoms with Crippen LogP contribution in [0, 0.1) is 0 Å². The number of nitrogens with zero attached hydrogens (tertiary/aromatic N) is 1. The van der Waals surface area contributed by atoms with Crippen LogP contribution in [0.1, 0.15) is 0 Å². The molecular formula is C12H7Br2NO2. The molecular weight excluding hydrogens is 350 g/mol. The summed E-state index contributed by atoms with van der Waals surface area (Å²) in [6, 6.07) is 6.50. The molecule has 0 spiro atoms. The van der Waals surface area contributed by atoms with Gasteiger partial charge >= 0.3 is 0 Å². The number of halogens is 2. The summed E-state index contributed by atoms with van der Waals surface area (Å²) in [6.07, 6.45) is 2.92. The van der Waals surface area contributed by atoms with Gasteiger partial charge in [0, 0.05) is 21.1 Å². The molecule has 0 aromatic heterocycles. The molecule has 0 radical (unpaired) electrons. The van der Waals surface area contributed by atoms with Crippen LogP contribution in [0.2, 0.25) is 0 Å². The molecule has 1 aliphatic rings. The Bertz CT molecular complexity index is 532. The van der Waals surface area contributed by atoms with Crippen molar-refractivity contribution in [1.29, 1.82) is 0 Å². The van der Waals surface area contributed by atoms with Crippen molar-refractivity contribution < 1.29 is 9.90 Å². The number of rotatable bonds is 1. The monoisotopic (exact) mass is 355 g/mol. The fourth-order valence-electron chi connectivity index (χ4n) is 1.31. The second-order valence-electron chi connectivity index (χ2n) is 3.36. The number of hydrogen-bond acceptors (Lipinski definition) is 3. The van der Waals surface area contributed by atoms with Crippen molar-refractivity contribution >= 4 is 49.0 Å². The maximum absolute atomic E-state index is 11.2. The van der Waals surface area contributed by atoms with Crippen molar-refractivity contribution in [2.24, 2.45) is 4.99 Å². The zero-order valence-electron chi connectivity index (χ0n) is 8.52. The highest BCUT2D eigenvalue weighted by atomic mass is 79.9. The molecule has 0 bridgehead atoms. The van der Waals surface area contributed by atoms with Gasteiger partial charge in [0.2, 0.25) is 0 Å². The van der Waals surface area contributed by atoms with E-state index in [9.17, 15) is 4.79 Å². The van der Waals surface area contributed by atoms with Crippen LogP contribution in [0.15, 0.2) is 50.4 Å². The average Bonchev–Trinajstić information content (AvgIpc) is 2.26. The number of carbonyl (C=O) groups is 1. The summed E-state index contributed by atoms with van der Waals surface area (Å²) in [5, 5.41) is 9.17. The van der Waals surface area contributed by atoms with Gasteiger partial charge in [0.05, 0.1) is 11.4 Å². The summed E-state index contributed by atoms with van der Waals surface area (Å²) in [7, 11) is 0. The van der Waals surface area contributed by atoms with Crippen LogP contribution in [-0.2, 0) is 4.79 Å². The lowest BCUT2D eigenvalue weighted by molar-refractivity contribution is -0.110. The maximum Gasteiger partial charge on any atom is 0.181 e. The summed E-state index contributed by atoms with van der Waals surface area (Å²) in [5.74, 6) is 0.102. The quantitative estimate of drug-likeness (QED) is 0.781. The van der Waals surface area contributed by atoms with Gasteiger partial charge in [0.25, 0.3) is 0 Å². The van der Waals surface area contributed by atoms with E-state index in [1.54, 1.807) is 24.3 Å². The molecule has 0 amide bonds. The van der Waals surface area contributed by atoms with E-state index in [2.05, 4.69) is 36.9 Å². The van der Waals surface area contributed by atoms with Gasteiger partial charge in [-0.15, -0.1) is 0 Å². The smallest absolute Gasteiger partial charge is 0.181 e. The number of allylic oxidation sites excluding steroid dienone is 4. The summed E-state index contributed by atoms with van der Waals surface area (Å²) in [5.41, 5.74) is 1.35. The summed E-state index contributed by atoms with van der Waals surface area (Å²) in [6.45, 7) is 0. The predicted octanol–water partition coefficient (Wildman–Crippen LogP) is 3.61. The fraction of sp³-hybridized carbons (Fsp3) is 0. The second kappa shape index (κ2) is 4.98. The third kappa shape index (κ3) is 2.92. The molecule has 2 rings (SSSR count). The molecule has 86 valence electrons. The minimum absolute atomic E-state index is 0.0894. The van der Waals surface area contributed by atoms with Gasteiger partial charge in [-0.2, -0.15) is 0 Å². The fourth-order valence-corrected chi connectivity index (χ4v) is 2.63. The van der Waals surface area contributed by atoms with Crippen LogP contribution in [0.25, 0.3) is 0 Å². The van der Waals surface area contributed by atoms with E-state index in [0.29, 0.717) is 20.4 Å². The number of hydrogen-bond donors (Lipinski definition) is 1. The first-order valence-corrected chi connectivity index (χ1v) is 6.31. The van der Waals surface area contributed by atoms with Crippen molar-refractivity contribution in [1.82, 2.24) is 0 Å². The van der Waals surface area contributed by atoms with E-state index in [1.165, 1.54) is 12.2 Å². The first-order valence-electron chi connectivity index (χ1n) is 4.73. The molecule has 0 unspecified atom stereocenters. The molecule has 0 heterocycles. The molecule has 1 N–H and O–H groups in total. The van der Waals surface area contributed by atoms with Crippen LogP contribution in [0.3, 0.4) is 0 Å². The Hall–Kier alpha value is -1.20. The highest BCUT2D eigenvalue weighted by Crippen LogP contribution is 2.27. The van der Waals surface area contributed by atoms with Crippen molar-refractivity contribution in [2.75, 3.05) is 0 Å². The standard InChI is InChI=1S/C12H7Br2NO2/c13-10-5-9(17)6-11(14)12(10)15-7-1-3-8(16)4-2-7/h1-6,16H. The summed E-state index contributed by atoms with van der Waals surface area (Å²) in [4.78, 5) is 15.6. The van der Waals surface area contributed by atoms with Crippen molar-refractivity contribution in [2.45, 2.75) is 0 Å². The minimum Gasteiger partial charge on any atom is -0.508 e. The van der Waals surface area contributed by atoms with Gasteiger partial charge in [0.1, 0.15) is 5.75 Å². The highest BCUT2D eigenvalue weighted by Gasteiger charge is 2.15. The van der Waals surface area contributed by atoms with Crippen LogP contribution in [0.5, 0.6) is 5.75 Å². The Kier molecular flexibility index (Phi) is 3.59. The molecule has 1 aliphatic carbocycles. The maximum atomic E-state index is 11.2. The zero-order chi connectivity index (χ0) is 12.4. The first-order chi connectivity index (χ1) is 8.06. The number of phenols is 1. The van der Waals surface area contributed by atoms with Crippen LogP contribution in [-0.4, -0.2) is 16.6 Å². The summed E-state index contributed by atoms with van der Waals surface area (Å²) >= 11 is 6.59. The SMILES string of the molecule is O=C1C=C(Br)C(=Nc2ccc(O)cc2)C(Br)=C1. The Morgan fingerprint density at radius 2 is 1.53 bits per heavy atom. The predicted molar refractivity (Wildman–Crippen MR) is 74.2 cm³/mol. The van der Waals surface area contributed by atoms with Gasteiger partial charge < -0.3 is 5.11 Å². The van der Waals surface area contributed by atoms with E-state index in [1.807, 2.05) is 0 Å². The molecule has 0 fully saturated rings. The number of benzene rings is 1. The van der Waals surface area contributed by atoms with E-state index in [0.717, 1.165) is 0 Å². The molecule has 0 saturated heterocycles. The minimum atomic E-state index is -0.0894. The molecule has 3 nitrogen and oxygen atoms in total. The Balaban J connectivity index is 2.40. The molecule has 1 aromatic rings. The third-order valence-corrected chi connectivity index (χ3v) is 3.29. The zero-order valence-corrected chi connectivity index (χ0v) is 11.7. The van der Waals surface area contributed by atoms with Crippen LogP contribution < -0.4 is 0 Å². The average molecular weight is 357 g/mol. The van der Waals surface area contributed by atoms with Gasteiger partial charge in [-0.3, -0.25) is 4.79 Å². The number of carbonyl (C=O) groups excluding carboxylic acids is 1. The molecule has 0 aliphatic heterocycles. The number of aliphatic imine (C=N–C) groups is 1. The van der Waals surface area contributed by atoms with Gasteiger partial charge in [-0.25, -0.2) is 4.99 Å². The molecule has 0 atom stereocenters. The topological polar surface area (TPSA) is 49.7 Å². The van der Waals surface area contributed by atoms with Crippen molar-refractivity contribution in [3.63, 3.8) is 0 Å². The van der Waals surface area contributed by atoms with Crippen molar-refractivity contribution in [3.05, 3.63) is 45.4 Å². The van der Waals surface area contributed by atoms with Crippen LogP contribution in [0.4, 0.5) is 5.69 Å². The van der Waals surface area contributed by atoms with Gasteiger partial charge in [0.15, 0.2) is 5.78 Å². The second-order valence-corrected chi connectivity index (χ2v) is 5.07. The largest absolute Gasteiger partial charge is 0.508 e. The Morgan fingerprint density at radius 3 is 2.06 bits per heavy atom. The molecule has 5 heteroatoms. The van der Waals surface area contributed by atoms with E-state index in [4.69, 9.17) is 5.11 Å². The van der Waals surface area contributed by atoms with Crippen molar-refractivity contribution in [3.8, 4) is 5.75 Å². The lowest BCUT2D eigenvalue weighted by atomic mass is 10.1. The van der Waals surface area contributed by atoms with E-state index >= 15 is 0 Å². The van der Waals surface area contributed by atoms with E-state index < -0.39 is 0 Å². The Labute approximate surface area is 115 Å². The highest BCUT2D eigenvalue weighted by molar-refractivity contribution is 9.13. The third-order valence-electron chi connectivity index (χ3n) is 2.08. The first kappa shape index (κ1) is 12.3. The molecule has 1 aromatic carbocycles. The number of aromatic hydroxyl groups is 1. The van der Waals surface area contributed by atoms with Crippen LogP contribution >= 0.6 is 31.9 Å². The number of phenolic OH excluding ortho intramolecular Hbond substituents is 1. The normalized spacial score (nSPS) is 15.4. The van der Waals surface area contributed by atoms with Gasteiger partial charge in [-0.05, 0) is 56.1 Å². The molecule has 17 heavy (non-hydrogen) atoms. The summed E-state index contributed by atoms with van der Waals surface area (Å²) < 4.78 is 1.26. The Morgan fingerprint density at radius 1 is 1.00 bits per heavy atom. The van der Waals surface area contributed by atoms with Gasteiger partial charge in [-0.1, -0.05) is 0 Å². The number of ketones is 1.